The fourth-order valence-corrected chi connectivity index (χ4v) is 2.07. The number of carboxylic acid groups (broad SMARTS) is 1. The van der Waals surface area contributed by atoms with E-state index < -0.39 is 23.5 Å². The van der Waals surface area contributed by atoms with Crippen LogP contribution in [0, 0.1) is 0 Å². The van der Waals surface area contributed by atoms with Crippen LogP contribution in [0.3, 0.4) is 0 Å². The second-order valence-corrected chi connectivity index (χ2v) is 4.59. The molecule has 0 aliphatic carbocycles. The Balaban J connectivity index is 2.51. The van der Waals surface area contributed by atoms with E-state index in [1.54, 1.807) is 0 Å². The van der Waals surface area contributed by atoms with Crippen molar-refractivity contribution < 1.29 is 32.6 Å². The molecule has 0 spiro atoms. The molecule has 1 N–H and O–H groups in total. The monoisotopic (exact) mass is 324 g/mol. The van der Waals surface area contributed by atoms with E-state index in [1.165, 1.54) is 25.3 Å². The highest BCUT2D eigenvalue weighted by Gasteiger charge is 2.30. The number of methoxy groups -OCH3 is 1. The summed E-state index contributed by atoms with van der Waals surface area (Å²) in [5.41, 5.74) is -1.45. The summed E-state index contributed by atoms with van der Waals surface area (Å²) in [6.45, 7) is 0. The zero-order valence-electron chi connectivity index (χ0n) is 11.8. The van der Waals surface area contributed by atoms with Crippen LogP contribution in [0.1, 0.15) is 31.8 Å². The van der Waals surface area contributed by atoms with Crippen LogP contribution in [0.25, 0.3) is 0 Å². The van der Waals surface area contributed by atoms with Crippen LogP contribution < -0.4 is 4.74 Å². The first-order chi connectivity index (χ1) is 10.8. The summed E-state index contributed by atoms with van der Waals surface area (Å²) >= 11 is 0. The van der Waals surface area contributed by atoms with E-state index in [9.17, 15) is 27.9 Å². The first-order valence-corrected chi connectivity index (χ1v) is 6.38. The second-order valence-electron chi connectivity index (χ2n) is 4.59. The molecule has 0 saturated carbocycles. The number of hydrogen-bond donors (Lipinski definition) is 1. The molecule has 23 heavy (non-hydrogen) atoms. The van der Waals surface area contributed by atoms with Crippen LogP contribution in [0.15, 0.2) is 42.5 Å². The summed E-state index contributed by atoms with van der Waals surface area (Å²) in [5.74, 6) is -2.03. The van der Waals surface area contributed by atoms with Gasteiger partial charge in [0.15, 0.2) is 5.78 Å². The molecule has 0 unspecified atom stereocenters. The zero-order valence-corrected chi connectivity index (χ0v) is 11.8. The Morgan fingerprint density at radius 2 is 1.65 bits per heavy atom. The fraction of sp³-hybridized carbons (Fsp3) is 0.125. The molecule has 2 aromatic carbocycles. The number of aromatic carboxylic acids is 1. The lowest BCUT2D eigenvalue weighted by atomic mass is 9.96. The Hall–Kier alpha value is -2.83. The minimum Gasteiger partial charge on any atom is -0.496 e. The SMILES string of the molecule is COc1cccc(C(=O)O)c1C(=O)c1ccc(C(F)(F)F)cc1. The van der Waals surface area contributed by atoms with Gasteiger partial charge in [-0.15, -0.1) is 0 Å². The van der Waals surface area contributed by atoms with Gasteiger partial charge in [0.1, 0.15) is 5.75 Å². The van der Waals surface area contributed by atoms with E-state index >= 15 is 0 Å². The number of alkyl halides is 3. The van der Waals surface area contributed by atoms with Crippen molar-refractivity contribution in [1.82, 2.24) is 0 Å². The average molecular weight is 324 g/mol. The smallest absolute Gasteiger partial charge is 0.416 e. The molecule has 0 amide bonds. The number of ether oxygens (including phenoxy) is 1. The van der Waals surface area contributed by atoms with Crippen molar-refractivity contribution in [3.8, 4) is 5.75 Å². The van der Waals surface area contributed by atoms with Crippen molar-refractivity contribution in [2.24, 2.45) is 0 Å². The Morgan fingerprint density at radius 3 is 2.13 bits per heavy atom. The van der Waals surface area contributed by atoms with Gasteiger partial charge in [-0.2, -0.15) is 13.2 Å². The van der Waals surface area contributed by atoms with Crippen LogP contribution >= 0.6 is 0 Å². The summed E-state index contributed by atoms with van der Waals surface area (Å²) in [7, 11) is 1.27. The van der Waals surface area contributed by atoms with Crippen LogP contribution in [0.5, 0.6) is 5.75 Å². The summed E-state index contributed by atoms with van der Waals surface area (Å²) in [5, 5.41) is 9.18. The number of rotatable bonds is 4. The number of benzene rings is 2. The summed E-state index contributed by atoms with van der Waals surface area (Å²) < 4.78 is 42.6. The van der Waals surface area contributed by atoms with Crippen LogP contribution in [-0.2, 0) is 6.18 Å². The van der Waals surface area contributed by atoms with Crippen molar-refractivity contribution >= 4 is 11.8 Å². The van der Waals surface area contributed by atoms with E-state index in [1.807, 2.05) is 0 Å². The minimum atomic E-state index is -4.52. The maximum atomic E-state index is 12.5. The summed E-state index contributed by atoms with van der Waals surface area (Å²) in [6, 6.07) is 7.58. The molecule has 2 rings (SSSR count). The molecule has 0 aromatic heterocycles. The quantitative estimate of drug-likeness (QED) is 0.872. The van der Waals surface area contributed by atoms with E-state index in [0.29, 0.717) is 0 Å². The maximum Gasteiger partial charge on any atom is 0.416 e. The first kappa shape index (κ1) is 16.5. The molecular weight excluding hydrogens is 313 g/mol. The van der Waals surface area contributed by atoms with Gasteiger partial charge in [0, 0.05) is 5.56 Å². The van der Waals surface area contributed by atoms with Crippen molar-refractivity contribution in [3.05, 3.63) is 64.7 Å². The van der Waals surface area contributed by atoms with E-state index in [4.69, 9.17) is 4.74 Å². The Kier molecular flexibility index (Phi) is 4.40. The maximum absolute atomic E-state index is 12.5. The normalized spacial score (nSPS) is 11.1. The summed E-state index contributed by atoms with van der Waals surface area (Å²) in [6.07, 6.45) is -4.52. The van der Waals surface area contributed by atoms with Gasteiger partial charge in [0.05, 0.1) is 23.8 Å². The fourth-order valence-electron chi connectivity index (χ4n) is 2.07. The Morgan fingerprint density at radius 1 is 1.04 bits per heavy atom. The molecule has 4 nitrogen and oxygen atoms in total. The molecule has 7 heteroatoms. The molecule has 0 aliphatic heterocycles. The Bertz CT molecular complexity index is 749. The van der Waals surface area contributed by atoms with Gasteiger partial charge in [-0.05, 0) is 24.3 Å². The third kappa shape index (κ3) is 3.33. The Labute approximate surface area is 129 Å². The van der Waals surface area contributed by atoms with Crippen molar-refractivity contribution in [2.45, 2.75) is 6.18 Å². The highest BCUT2D eigenvalue weighted by molar-refractivity contribution is 6.15. The number of carbonyl (C=O) groups is 2. The largest absolute Gasteiger partial charge is 0.496 e. The lowest BCUT2D eigenvalue weighted by Gasteiger charge is -2.11. The van der Waals surface area contributed by atoms with Gasteiger partial charge in [-0.1, -0.05) is 18.2 Å². The van der Waals surface area contributed by atoms with Crippen molar-refractivity contribution in [2.75, 3.05) is 7.11 Å². The number of hydrogen-bond acceptors (Lipinski definition) is 3. The predicted octanol–water partition coefficient (Wildman–Crippen LogP) is 3.64. The minimum absolute atomic E-state index is 0.0368. The topological polar surface area (TPSA) is 63.6 Å². The highest BCUT2D eigenvalue weighted by Crippen LogP contribution is 2.30. The van der Waals surface area contributed by atoms with Gasteiger partial charge in [-0.3, -0.25) is 4.79 Å². The van der Waals surface area contributed by atoms with Crippen LogP contribution in [0.4, 0.5) is 13.2 Å². The first-order valence-electron chi connectivity index (χ1n) is 6.38. The molecule has 0 atom stereocenters. The van der Waals surface area contributed by atoms with E-state index in [-0.39, 0.29) is 22.4 Å². The predicted molar refractivity (Wildman–Crippen MR) is 74.8 cm³/mol. The van der Waals surface area contributed by atoms with Gasteiger partial charge >= 0.3 is 12.1 Å². The van der Waals surface area contributed by atoms with Crippen LogP contribution in [0.2, 0.25) is 0 Å². The number of ketones is 1. The average Bonchev–Trinajstić information content (AvgIpc) is 2.52. The molecule has 0 bridgehead atoms. The number of carboxylic acids is 1. The van der Waals surface area contributed by atoms with Gasteiger partial charge in [0.2, 0.25) is 0 Å². The number of carbonyl (C=O) groups excluding carboxylic acids is 1. The number of halogens is 3. The van der Waals surface area contributed by atoms with Gasteiger partial charge < -0.3 is 9.84 Å². The van der Waals surface area contributed by atoms with Gasteiger partial charge in [-0.25, -0.2) is 4.79 Å². The molecule has 0 aliphatic rings. The highest BCUT2D eigenvalue weighted by atomic mass is 19.4. The van der Waals surface area contributed by atoms with Crippen molar-refractivity contribution in [1.29, 1.82) is 0 Å². The zero-order chi connectivity index (χ0) is 17.2. The molecule has 2 aromatic rings. The standard InChI is InChI=1S/C16H11F3O4/c1-23-12-4-2-3-11(15(21)22)13(12)14(20)9-5-7-10(8-6-9)16(17,18)19/h2-8H,1H3,(H,21,22). The van der Waals surface area contributed by atoms with Crippen molar-refractivity contribution in [3.63, 3.8) is 0 Å². The van der Waals surface area contributed by atoms with Gasteiger partial charge in [0.25, 0.3) is 0 Å². The molecular formula is C16H11F3O4. The second kappa shape index (κ2) is 6.12. The summed E-state index contributed by atoms with van der Waals surface area (Å²) in [4.78, 5) is 23.7. The molecule has 0 radical (unpaired) electrons. The third-order valence-electron chi connectivity index (χ3n) is 3.18. The van der Waals surface area contributed by atoms with Crippen LogP contribution in [-0.4, -0.2) is 24.0 Å². The molecule has 0 fully saturated rings. The lowest BCUT2D eigenvalue weighted by molar-refractivity contribution is -0.137. The third-order valence-corrected chi connectivity index (χ3v) is 3.18. The molecule has 0 heterocycles. The van der Waals surface area contributed by atoms with E-state index in [2.05, 4.69) is 0 Å². The van der Waals surface area contributed by atoms with E-state index in [0.717, 1.165) is 24.3 Å². The molecule has 120 valence electrons. The molecule has 0 saturated heterocycles. The lowest BCUT2D eigenvalue weighted by Crippen LogP contribution is -2.12.